The molecule has 0 saturated carbocycles. The Labute approximate surface area is 125 Å². The average Bonchev–Trinajstić information content (AvgIpc) is 2.47. The van der Waals surface area contributed by atoms with Crippen molar-refractivity contribution in [2.45, 2.75) is 13.3 Å². The molecule has 0 saturated heterocycles. The number of rotatable bonds is 6. The predicted octanol–water partition coefficient (Wildman–Crippen LogP) is 2.81. The Morgan fingerprint density at radius 1 is 1.48 bits per heavy atom. The Morgan fingerprint density at radius 2 is 2.19 bits per heavy atom. The van der Waals surface area contributed by atoms with Crippen LogP contribution in [0.1, 0.15) is 18.1 Å². The second kappa shape index (κ2) is 7.91. The lowest BCUT2D eigenvalue weighted by Gasteiger charge is -2.11. The molecule has 1 aromatic rings. The number of likely N-dealkylation sites (N-methyl/N-ethyl adjacent to an activating group) is 1. The van der Waals surface area contributed by atoms with Crippen LogP contribution in [0.25, 0.3) is 6.08 Å². The summed E-state index contributed by atoms with van der Waals surface area (Å²) in [5.74, 6) is 0.489. The van der Waals surface area contributed by atoms with Crippen LogP contribution in [0.15, 0.2) is 36.4 Å². The van der Waals surface area contributed by atoms with Gasteiger partial charge in [-0.1, -0.05) is 12.1 Å². The van der Waals surface area contributed by atoms with Crippen LogP contribution in [-0.4, -0.2) is 31.5 Å². The third-order valence-electron chi connectivity index (χ3n) is 2.82. The van der Waals surface area contributed by atoms with E-state index in [-0.39, 0.29) is 11.5 Å². The van der Waals surface area contributed by atoms with Crippen LogP contribution in [0.4, 0.5) is 0 Å². The Kier molecular flexibility index (Phi) is 6.22. The molecule has 0 fully saturated rings. The number of nitriles is 1. The van der Waals surface area contributed by atoms with E-state index in [2.05, 4.69) is 6.58 Å². The van der Waals surface area contributed by atoms with Crippen LogP contribution in [0.5, 0.6) is 5.75 Å². The van der Waals surface area contributed by atoms with E-state index in [0.717, 1.165) is 16.9 Å². The van der Waals surface area contributed by atoms with Gasteiger partial charge in [-0.15, -0.1) is 6.58 Å². The van der Waals surface area contributed by atoms with Gasteiger partial charge in [-0.05, 0) is 42.7 Å². The number of amides is 1. The van der Waals surface area contributed by atoms with E-state index < -0.39 is 0 Å². The van der Waals surface area contributed by atoms with Gasteiger partial charge in [0.05, 0.1) is 6.61 Å². The molecule has 0 aliphatic rings. The fourth-order valence-electron chi connectivity index (χ4n) is 1.85. The molecule has 0 aliphatic heterocycles. The summed E-state index contributed by atoms with van der Waals surface area (Å²) in [5, 5.41) is 9.11. The highest BCUT2D eigenvalue weighted by Crippen LogP contribution is 2.22. The molecule has 0 N–H and O–H groups in total. The van der Waals surface area contributed by atoms with E-state index in [1.54, 1.807) is 26.2 Å². The van der Waals surface area contributed by atoms with E-state index in [4.69, 9.17) is 10.00 Å². The second-order valence-electron chi connectivity index (χ2n) is 4.66. The minimum absolute atomic E-state index is 0.105. The molecule has 0 atom stereocenters. The molecule has 1 amide bonds. The minimum Gasteiger partial charge on any atom is -0.494 e. The molecular formula is C17H20N2O2. The number of nitrogens with zero attached hydrogens (tertiary/aromatic N) is 2. The zero-order valence-corrected chi connectivity index (χ0v) is 12.7. The maximum atomic E-state index is 11.9. The number of allylic oxidation sites excluding steroid dienone is 1. The summed E-state index contributed by atoms with van der Waals surface area (Å²) in [6, 6.07) is 7.53. The number of carbonyl (C=O) groups excluding carboxylic acids is 1. The normalized spacial score (nSPS) is 10.7. The first-order valence-electron chi connectivity index (χ1n) is 6.73. The first-order chi connectivity index (χ1) is 10.0. The molecule has 1 aromatic carbocycles. The molecule has 1 rings (SSSR count). The molecular weight excluding hydrogens is 264 g/mol. The van der Waals surface area contributed by atoms with Gasteiger partial charge in [-0.3, -0.25) is 4.79 Å². The Balaban J connectivity index is 3.19. The highest BCUT2D eigenvalue weighted by Gasteiger charge is 2.11. The van der Waals surface area contributed by atoms with Crippen molar-refractivity contribution in [2.24, 2.45) is 0 Å². The maximum absolute atomic E-state index is 11.9. The molecule has 0 radical (unpaired) electrons. The number of hydrogen-bond acceptors (Lipinski definition) is 3. The van der Waals surface area contributed by atoms with Gasteiger partial charge in [0.25, 0.3) is 5.91 Å². The summed E-state index contributed by atoms with van der Waals surface area (Å²) in [5.41, 5.74) is 1.88. The zero-order chi connectivity index (χ0) is 15.8. The molecule has 110 valence electrons. The summed E-state index contributed by atoms with van der Waals surface area (Å²) in [4.78, 5) is 13.2. The average molecular weight is 284 g/mol. The van der Waals surface area contributed by atoms with Gasteiger partial charge in [-0.25, -0.2) is 0 Å². The molecule has 21 heavy (non-hydrogen) atoms. The lowest BCUT2D eigenvalue weighted by atomic mass is 10.0. The van der Waals surface area contributed by atoms with Crippen LogP contribution in [0.2, 0.25) is 0 Å². The summed E-state index contributed by atoms with van der Waals surface area (Å²) < 4.78 is 5.55. The molecule has 4 nitrogen and oxygen atoms in total. The molecule has 0 spiro atoms. The van der Waals surface area contributed by atoms with Gasteiger partial charge < -0.3 is 9.64 Å². The topological polar surface area (TPSA) is 53.3 Å². The van der Waals surface area contributed by atoms with Crippen LogP contribution in [-0.2, 0) is 11.2 Å². The molecule has 0 bridgehead atoms. The zero-order valence-electron chi connectivity index (χ0n) is 12.7. The lowest BCUT2D eigenvalue weighted by molar-refractivity contribution is -0.124. The fraction of sp³-hybridized carbons (Fsp3) is 0.294. The van der Waals surface area contributed by atoms with Crippen molar-refractivity contribution >= 4 is 12.0 Å². The second-order valence-corrected chi connectivity index (χ2v) is 4.66. The first-order valence-corrected chi connectivity index (χ1v) is 6.73. The van der Waals surface area contributed by atoms with Gasteiger partial charge in [-0.2, -0.15) is 5.26 Å². The van der Waals surface area contributed by atoms with Crippen LogP contribution < -0.4 is 4.74 Å². The van der Waals surface area contributed by atoms with Crippen molar-refractivity contribution in [2.75, 3.05) is 20.7 Å². The monoisotopic (exact) mass is 284 g/mol. The summed E-state index contributed by atoms with van der Waals surface area (Å²) in [6.07, 6.45) is 4.05. The maximum Gasteiger partial charge on any atom is 0.264 e. The van der Waals surface area contributed by atoms with Gasteiger partial charge >= 0.3 is 0 Å². The number of benzene rings is 1. The number of ether oxygens (including phenoxy) is 1. The molecule has 0 unspecified atom stereocenters. The smallest absolute Gasteiger partial charge is 0.264 e. The summed E-state index contributed by atoms with van der Waals surface area (Å²) in [6.45, 7) is 6.24. The molecule has 0 aromatic heterocycles. The molecule has 0 heterocycles. The minimum atomic E-state index is -0.309. The van der Waals surface area contributed by atoms with Crippen molar-refractivity contribution < 1.29 is 9.53 Å². The van der Waals surface area contributed by atoms with Crippen LogP contribution in [0, 0.1) is 11.3 Å². The SMILES string of the molecule is C=CCc1cc(/C=C(/C#N)C(=O)N(C)C)ccc1OCC. The quantitative estimate of drug-likeness (QED) is 0.458. The van der Waals surface area contributed by atoms with Gasteiger partial charge in [0.15, 0.2) is 0 Å². The van der Waals surface area contributed by atoms with Gasteiger partial charge in [0.1, 0.15) is 17.4 Å². The third kappa shape index (κ3) is 4.50. The van der Waals surface area contributed by atoms with Crippen molar-refractivity contribution in [3.8, 4) is 11.8 Å². The van der Waals surface area contributed by atoms with E-state index in [1.807, 2.05) is 31.2 Å². The largest absolute Gasteiger partial charge is 0.494 e. The predicted molar refractivity (Wildman–Crippen MR) is 83.8 cm³/mol. The van der Waals surface area contributed by atoms with Crippen molar-refractivity contribution in [3.63, 3.8) is 0 Å². The summed E-state index contributed by atoms with van der Waals surface area (Å²) >= 11 is 0. The number of carbonyl (C=O) groups is 1. The third-order valence-corrected chi connectivity index (χ3v) is 2.82. The Bertz CT molecular complexity index is 595. The van der Waals surface area contributed by atoms with Crippen molar-refractivity contribution in [1.29, 1.82) is 5.26 Å². The highest BCUT2D eigenvalue weighted by atomic mass is 16.5. The van der Waals surface area contributed by atoms with E-state index in [0.29, 0.717) is 13.0 Å². The van der Waals surface area contributed by atoms with Gasteiger partial charge in [0, 0.05) is 14.1 Å². The van der Waals surface area contributed by atoms with Crippen molar-refractivity contribution in [1.82, 2.24) is 4.90 Å². The first kappa shape index (κ1) is 16.5. The van der Waals surface area contributed by atoms with Crippen LogP contribution >= 0.6 is 0 Å². The van der Waals surface area contributed by atoms with E-state index >= 15 is 0 Å². The summed E-state index contributed by atoms with van der Waals surface area (Å²) in [7, 11) is 3.24. The standard InChI is InChI=1S/C17H20N2O2/c1-5-7-14-10-13(8-9-16(14)21-6-2)11-15(12-18)17(20)19(3)4/h5,8-11H,1,6-7H2,2-4H3/b15-11-. The lowest BCUT2D eigenvalue weighted by Crippen LogP contribution is -2.22. The van der Waals surface area contributed by atoms with E-state index in [1.165, 1.54) is 4.90 Å². The Hall–Kier alpha value is -2.54. The fourth-order valence-corrected chi connectivity index (χ4v) is 1.85. The number of hydrogen-bond donors (Lipinski definition) is 0. The molecule has 0 aliphatic carbocycles. The van der Waals surface area contributed by atoms with E-state index in [9.17, 15) is 4.79 Å². The van der Waals surface area contributed by atoms with Gasteiger partial charge in [0.2, 0.25) is 0 Å². The van der Waals surface area contributed by atoms with Crippen LogP contribution in [0.3, 0.4) is 0 Å². The molecule has 4 heteroatoms. The highest BCUT2D eigenvalue weighted by molar-refractivity contribution is 6.01. The Morgan fingerprint density at radius 3 is 2.71 bits per heavy atom. The van der Waals surface area contributed by atoms with Crippen molar-refractivity contribution in [3.05, 3.63) is 47.6 Å².